The van der Waals surface area contributed by atoms with Gasteiger partial charge in [-0.2, -0.15) is 0 Å². The molecule has 0 aliphatic carbocycles. The fourth-order valence-electron chi connectivity index (χ4n) is 1.73. The number of aromatic amines is 2. The lowest BCUT2D eigenvalue weighted by Crippen LogP contribution is -2.08. The molecule has 1 aromatic rings. The molecule has 0 aromatic carbocycles. The van der Waals surface area contributed by atoms with Crippen molar-refractivity contribution in [1.29, 1.82) is 0 Å². The fraction of sp³-hybridized carbons (Fsp3) is 0.692. The van der Waals surface area contributed by atoms with E-state index in [9.17, 15) is 4.79 Å². The van der Waals surface area contributed by atoms with Crippen molar-refractivity contribution >= 4 is 12.2 Å². The smallest absolute Gasteiger partial charge is 0.251 e. The third-order valence-corrected chi connectivity index (χ3v) is 2.90. The van der Waals surface area contributed by atoms with Gasteiger partial charge in [-0.05, 0) is 37.9 Å². The lowest BCUT2D eigenvalue weighted by molar-refractivity contribution is 0.126. The molecule has 0 bridgehead atoms. The van der Waals surface area contributed by atoms with Crippen LogP contribution in [0.5, 0.6) is 0 Å². The number of hydrogen-bond donors (Lipinski definition) is 2. The van der Waals surface area contributed by atoms with Crippen LogP contribution in [-0.2, 0) is 11.2 Å². The molecule has 0 aliphatic heterocycles. The second-order valence-corrected chi connectivity index (χ2v) is 4.80. The van der Waals surface area contributed by atoms with E-state index in [-0.39, 0.29) is 5.56 Å². The maximum atomic E-state index is 11.2. The summed E-state index contributed by atoms with van der Waals surface area (Å²) in [7, 11) is 0. The Morgan fingerprint density at radius 2 is 1.89 bits per heavy atom. The minimum atomic E-state index is -0.135. The first-order chi connectivity index (χ1) is 8.72. The van der Waals surface area contributed by atoms with Gasteiger partial charge in [0.1, 0.15) is 0 Å². The Kier molecular flexibility index (Phi) is 7.60. The van der Waals surface area contributed by atoms with Crippen molar-refractivity contribution in [3.63, 3.8) is 0 Å². The summed E-state index contributed by atoms with van der Waals surface area (Å²) in [5.41, 5.74) is 0.763. The maximum Gasteiger partial charge on any atom is 0.251 e. The number of unbranched alkanes of at least 4 members (excludes halogenated alkanes) is 3. The molecule has 0 radical (unpaired) electrons. The Hall–Kier alpha value is -0.940. The summed E-state index contributed by atoms with van der Waals surface area (Å²) in [6, 6.07) is 1.57. The lowest BCUT2D eigenvalue weighted by atomic mass is 10.2. The second kappa shape index (κ2) is 9.05. The summed E-state index contributed by atoms with van der Waals surface area (Å²) in [5, 5.41) is 0. The molecule has 102 valence electrons. The second-order valence-electron chi connectivity index (χ2n) is 4.39. The van der Waals surface area contributed by atoms with Crippen LogP contribution in [0.4, 0.5) is 0 Å². The van der Waals surface area contributed by atoms with Crippen LogP contribution < -0.4 is 5.56 Å². The molecule has 1 heterocycles. The van der Waals surface area contributed by atoms with Gasteiger partial charge in [0, 0.05) is 25.0 Å². The molecule has 0 amide bonds. The molecule has 0 spiro atoms. The molecular weight excluding hydrogens is 248 g/mol. The van der Waals surface area contributed by atoms with E-state index in [1.54, 1.807) is 6.07 Å². The first kappa shape index (κ1) is 15.1. The molecule has 4 nitrogen and oxygen atoms in total. The largest absolute Gasteiger partial charge is 0.381 e. The molecule has 0 saturated heterocycles. The van der Waals surface area contributed by atoms with Crippen molar-refractivity contribution in [2.45, 2.75) is 45.4 Å². The highest BCUT2D eigenvalue weighted by Crippen LogP contribution is 2.01. The predicted octanol–water partition coefficient (Wildman–Crippen LogP) is 2.96. The van der Waals surface area contributed by atoms with E-state index in [1.807, 2.05) is 0 Å². The Labute approximate surface area is 113 Å². The van der Waals surface area contributed by atoms with Crippen molar-refractivity contribution in [1.82, 2.24) is 9.97 Å². The van der Waals surface area contributed by atoms with E-state index in [0.29, 0.717) is 4.77 Å². The molecule has 2 N–H and O–H groups in total. The van der Waals surface area contributed by atoms with Gasteiger partial charge < -0.3 is 9.72 Å². The number of H-pyrrole nitrogens is 2. The molecular formula is C13H22N2O2S. The van der Waals surface area contributed by atoms with Crippen molar-refractivity contribution in [2.24, 2.45) is 0 Å². The fourth-order valence-corrected chi connectivity index (χ4v) is 1.96. The van der Waals surface area contributed by atoms with Crippen LogP contribution in [0, 0.1) is 4.77 Å². The normalized spacial score (nSPS) is 10.7. The van der Waals surface area contributed by atoms with Crippen molar-refractivity contribution in [3.05, 3.63) is 26.9 Å². The van der Waals surface area contributed by atoms with E-state index >= 15 is 0 Å². The SMILES string of the molecule is CCCCCOCCCCc1cc(=O)[nH]c(=S)[nH]1. The van der Waals surface area contributed by atoms with Gasteiger partial charge in [0.05, 0.1) is 0 Å². The van der Waals surface area contributed by atoms with Gasteiger partial charge in [-0.1, -0.05) is 19.8 Å². The average Bonchev–Trinajstić information content (AvgIpc) is 2.31. The molecule has 0 fully saturated rings. The summed E-state index contributed by atoms with van der Waals surface area (Å²) < 4.78 is 5.92. The highest BCUT2D eigenvalue weighted by Gasteiger charge is 1.96. The zero-order chi connectivity index (χ0) is 13.2. The summed E-state index contributed by atoms with van der Waals surface area (Å²) in [6.07, 6.45) is 6.47. The van der Waals surface area contributed by atoms with Gasteiger partial charge >= 0.3 is 0 Å². The maximum absolute atomic E-state index is 11.2. The Morgan fingerprint density at radius 3 is 2.56 bits per heavy atom. The highest BCUT2D eigenvalue weighted by molar-refractivity contribution is 7.71. The number of aryl methyl sites for hydroxylation is 1. The number of aromatic nitrogens is 2. The van der Waals surface area contributed by atoms with Gasteiger partial charge in [0.25, 0.3) is 5.56 Å². The number of hydrogen-bond acceptors (Lipinski definition) is 3. The number of nitrogens with one attached hydrogen (secondary N) is 2. The summed E-state index contributed by atoms with van der Waals surface area (Å²) >= 11 is 4.91. The summed E-state index contributed by atoms with van der Waals surface area (Å²) in [6.45, 7) is 3.85. The first-order valence-electron chi connectivity index (χ1n) is 6.62. The third kappa shape index (κ3) is 6.71. The van der Waals surface area contributed by atoms with Crippen LogP contribution in [0.3, 0.4) is 0 Å². The van der Waals surface area contributed by atoms with E-state index < -0.39 is 0 Å². The minimum Gasteiger partial charge on any atom is -0.381 e. The van der Waals surface area contributed by atoms with E-state index in [4.69, 9.17) is 17.0 Å². The predicted molar refractivity (Wildman–Crippen MR) is 75.5 cm³/mol. The molecule has 0 atom stereocenters. The van der Waals surface area contributed by atoms with Gasteiger partial charge in [0.15, 0.2) is 4.77 Å². The molecule has 5 heteroatoms. The van der Waals surface area contributed by atoms with Crippen molar-refractivity contribution < 1.29 is 4.74 Å². The quantitative estimate of drug-likeness (QED) is 0.536. The van der Waals surface area contributed by atoms with Gasteiger partial charge in [0.2, 0.25) is 0 Å². The number of rotatable bonds is 9. The van der Waals surface area contributed by atoms with Crippen LogP contribution in [0.1, 0.15) is 44.7 Å². The van der Waals surface area contributed by atoms with Crippen LogP contribution >= 0.6 is 12.2 Å². The Morgan fingerprint density at radius 1 is 1.17 bits per heavy atom. The first-order valence-corrected chi connectivity index (χ1v) is 7.03. The lowest BCUT2D eigenvalue weighted by Gasteiger charge is -2.04. The van der Waals surface area contributed by atoms with Gasteiger partial charge in [-0.15, -0.1) is 0 Å². The zero-order valence-corrected chi connectivity index (χ0v) is 11.8. The third-order valence-electron chi connectivity index (χ3n) is 2.69. The van der Waals surface area contributed by atoms with Gasteiger partial charge in [-0.3, -0.25) is 9.78 Å². The topological polar surface area (TPSA) is 57.9 Å². The van der Waals surface area contributed by atoms with Crippen LogP contribution in [-0.4, -0.2) is 23.2 Å². The zero-order valence-electron chi connectivity index (χ0n) is 11.0. The van der Waals surface area contributed by atoms with Crippen LogP contribution in [0.15, 0.2) is 10.9 Å². The molecule has 0 aliphatic rings. The molecule has 0 saturated carbocycles. The Bertz CT molecular complexity index is 411. The van der Waals surface area contributed by atoms with E-state index in [1.165, 1.54) is 12.8 Å². The van der Waals surface area contributed by atoms with Crippen molar-refractivity contribution in [2.75, 3.05) is 13.2 Å². The molecule has 1 aromatic heterocycles. The molecule has 1 rings (SSSR count). The van der Waals surface area contributed by atoms with Crippen LogP contribution in [0.2, 0.25) is 0 Å². The molecule has 18 heavy (non-hydrogen) atoms. The summed E-state index contributed by atoms with van der Waals surface area (Å²) in [4.78, 5) is 16.7. The van der Waals surface area contributed by atoms with Gasteiger partial charge in [-0.25, -0.2) is 0 Å². The summed E-state index contributed by atoms with van der Waals surface area (Å²) in [5.74, 6) is 0. The van der Waals surface area contributed by atoms with E-state index in [2.05, 4.69) is 16.9 Å². The highest BCUT2D eigenvalue weighted by atomic mass is 32.1. The van der Waals surface area contributed by atoms with Crippen LogP contribution in [0.25, 0.3) is 0 Å². The van der Waals surface area contributed by atoms with E-state index in [0.717, 1.165) is 44.6 Å². The Balaban J connectivity index is 2.10. The monoisotopic (exact) mass is 270 g/mol. The van der Waals surface area contributed by atoms with Crippen molar-refractivity contribution in [3.8, 4) is 0 Å². The number of ether oxygens (including phenoxy) is 1. The molecule has 0 unspecified atom stereocenters. The standard InChI is InChI=1S/C13H22N2O2S/c1-2-3-5-8-17-9-6-4-7-11-10-12(16)15-13(18)14-11/h10H,2-9H2,1H3,(H2,14,15,16,18). The average molecular weight is 270 g/mol. The minimum absolute atomic E-state index is 0.135.